The number of hydrogen-bond acceptors (Lipinski definition) is 5. The number of hydrogen-bond donors (Lipinski definition) is 1. The van der Waals surface area contributed by atoms with E-state index in [1.54, 1.807) is 18.2 Å². The molecular weight excluding hydrogens is 324 g/mol. The molecule has 3 rings (SSSR count). The zero-order valence-electron chi connectivity index (χ0n) is 14.7. The van der Waals surface area contributed by atoms with E-state index < -0.39 is 0 Å². The molecule has 0 bridgehead atoms. The van der Waals surface area contributed by atoms with E-state index in [9.17, 15) is 0 Å². The molecule has 26 heavy (non-hydrogen) atoms. The van der Waals surface area contributed by atoms with E-state index in [0.29, 0.717) is 23.0 Å². The second kappa shape index (κ2) is 7.49. The molecule has 0 radical (unpaired) electrons. The number of nitrogens with zero attached hydrogens (tertiary/aromatic N) is 3. The molecule has 2 heterocycles. The summed E-state index contributed by atoms with van der Waals surface area (Å²) in [6.45, 7) is 7.67. The molecular formula is C21H18N4O. The normalized spacial score (nSPS) is 11.0. The summed E-state index contributed by atoms with van der Waals surface area (Å²) in [4.78, 5) is 4.24. The molecule has 1 aromatic carbocycles. The van der Waals surface area contributed by atoms with E-state index in [4.69, 9.17) is 9.78 Å². The molecule has 3 aromatic rings. The van der Waals surface area contributed by atoms with Crippen molar-refractivity contribution in [1.29, 1.82) is 5.26 Å². The van der Waals surface area contributed by atoms with E-state index >= 15 is 0 Å². The number of rotatable bonds is 5. The van der Waals surface area contributed by atoms with Crippen molar-refractivity contribution < 1.29 is 4.52 Å². The van der Waals surface area contributed by atoms with Crippen molar-refractivity contribution in [3.8, 4) is 17.4 Å². The second-order valence-corrected chi connectivity index (χ2v) is 5.64. The first-order chi connectivity index (χ1) is 12.7. The van der Waals surface area contributed by atoms with Crippen LogP contribution in [-0.4, -0.2) is 10.1 Å². The van der Waals surface area contributed by atoms with Crippen LogP contribution < -0.4 is 5.32 Å². The van der Waals surface area contributed by atoms with Gasteiger partial charge in [-0.1, -0.05) is 54.2 Å². The Morgan fingerprint density at radius 2 is 2.00 bits per heavy atom. The third kappa shape index (κ3) is 3.40. The molecule has 0 fully saturated rings. The number of allylic oxidation sites excluding steroid dienone is 3. The van der Waals surface area contributed by atoms with Gasteiger partial charge in [0.1, 0.15) is 29.0 Å². The number of pyridine rings is 1. The third-order valence-corrected chi connectivity index (χ3v) is 3.99. The number of aromatic nitrogens is 2. The Morgan fingerprint density at radius 3 is 2.65 bits per heavy atom. The molecule has 0 unspecified atom stereocenters. The minimum absolute atomic E-state index is 0.346. The van der Waals surface area contributed by atoms with Gasteiger partial charge < -0.3 is 9.84 Å². The first kappa shape index (κ1) is 17.2. The Labute approximate surface area is 152 Å². The lowest BCUT2D eigenvalue weighted by atomic mass is 10.0. The Bertz CT molecular complexity index is 1010. The molecule has 5 nitrogen and oxygen atoms in total. The van der Waals surface area contributed by atoms with Crippen LogP contribution in [0.5, 0.6) is 0 Å². The van der Waals surface area contributed by atoms with Gasteiger partial charge in [0.2, 0.25) is 0 Å². The second-order valence-electron chi connectivity index (χ2n) is 5.64. The van der Waals surface area contributed by atoms with Gasteiger partial charge in [-0.15, -0.1) is 0 Å². The van der Waals surface area contributed by atoms with Crippen molar-refractivity contribution in [3.05, 3.63) is 78.1 Å². The van der Waals surface area contributed by atoms with Crippen LogP contribution >= 0.6 is 0 Å². The van der Waals surface area contributed by atoms with Crippen LogP contribution in [-0.2, 0) is 0 Å². The molecule has 0 aliphatic rings. The van der Waals surface area contributed by atoms with Crippen LogP contribution in [0.1, 0.15) is 23.9 Å². The summed E-state index contributed by atoms with van der Waals surface area (Å²) in [5, 5.41) is 16.3. The zero-order valence-corrected chi connectivity index (χ0v) is 14.7. The molecule has 0 spiro atoms. The minimum Gasteiger partial charge on any atom is -0.354 e. The summed E-state index contributed by atoms with van der Waals surface area (Å²) >= 11 is 0. The zero-order chi connectivity index (χ0) is 18.5. The maximum Gasteiger partial charge on any atom is 0.190 e. The largest absolute Gasteiger partial charge is 0.354 e. The molecule has 0 aliphatic carbocycles. The van der Waals surface area contributed by atoms with E-state index in [2.05, 4.69) is 22.0 Å². The summed E-state index contributed by atoms with van der Waals surface area (Å²) in [7, 11) is 0. The molecule has 5 heteroatoms. The van der Waals surface area contributed by atoms with Crippen LogP contribution in [0, 0.1) is 18.3 Å². The molecule has 0 saturated heterocycles. The van der Waals surface area contributed by atoms with E-state index in [0.717, 1.165) is 22.4 Å². The highest BCUT2D eigenvalue weighted by atomic mass is 16.5. The summed E-state index contributed by atoms with van der Waals surface area (Å²) in [6, 6.07) is 15.3. The average molecular weight is 342 g/mol. The molecule has 0 atom stereocenters. The van der Waals surface area contributed by atoms with Crippen molar-refractivity contribution in [3.63, 3.8) is 0 Å². The number of nitriles is 1. The number of anilines is 2. The predicted octanol–water partition coefficient (Wildman–Crippen LogP) is 5.25. The number of aryl methyl sites for hydroxylation is 1. The van der Waals surface area contributed by atoms with Crippen LogP contribution in [0.15, 0.2) is 65.7 Å². The first-order valence-electron chi connectivity index (χ1n) is 8.16. The molecule has 1 N–H and O–H groups in total. The summed E-state index contributed by atoms with van der Waals surface area (Å²) in [6.07, 6.45) is 3.84. The lowest BCUT2D eigenvalue weighted by molar-refractivity contribution is 0.427. The van der Waals surface area contributed by atoms with Crippen LogP contribution in [0.4, 0.5) is 11.5 Å². The van der Waals surface area contributed by atoms with Gasteiger partial charge in [-0.2, -0.15) is 5.26 Å². The number of nitrogens with one attached hydrogen (secondary N) is 1. The molecule has 2 aromatic heterocycles. The van der Waals surface area contributed by atoms with E-state index in [1.807, 2.05) is 56.3 Å². The van der Waals surface area contributed by atoms with Gasteiger partial charge in [-0.3, -0.25) is 0 Å². The van der Waals surface area contributed by atoms with Crippen LogP contribution in [0.3, 0.4) is 0 Å². The fraction of sp³-hybridized carbons (Fsp3) is 0.0952. The van der Waals surface area contributed by atoms with Gasteiger partial charge in [0.25, 0.3) is 0 Å². The summed E-state index contributed by atoms with van der Waals surface area (Å²) in [5.74, 6) is 1.19. The molecule has 0 aliphatic heterocycles. The quantitative estimate of drug-likeness (QED) is 0.641. The van der Waals surface area contributed by atoms with Crippen molar-refractivity contribution in [2.24, 2.45) is 0 Å². The standard InChI is InChI=1S/C21H18N4O/c1-4-15(5-2)16-9-11-17(12-10-16)21-20(14(3)25-26-21)24-19-8-6-7-18(13-22)23-19/h4-12H,1H2,2-3H3,(H,23,24)/b15-5+. The summed E-state index contributed by atoms with van der Waals surface area (Å²) < 4.78 is 5.52. The highest BCUT2D eigenvalue weighted by Gasteiger charge is 2.16. The van der Waals surface area contributed by atoms with Crippen LogP contribution in [0.25, 0.3) is 16.9 Å². The Hall–Kier alpha value is -3.65. The maximum atomic E-state index is 9.00. The average Bonchev–Trinajstić information content (AvgIpc) is 3.04. The van der Waals surface area contributed by atoms with Gasteiger partial charge in [0.05, 0.1) is 0 Å². The maximum absolute atomic E-state index is 9.00. The fourth-order valence-corrected chi connectivity index (χ4v) is 2.63. The fourth-order valence-electron chi connectivity index (χ4n) is 2.63. The van der Waals surface area contributed by atoms with E-state index in [1.165, 1.54) is 0 Å². The van der Waals surface area contributed by atoms with E-state index in [-0.39, 0.29) is 0 Å². The van der Waals surface area contributed by atoms with Gasteiger partial charge in [0, 0.05) is 5.56 Å². The first-order valence-corrected chi connectivity index (χ1v) is 8.16. The minimum atomic E-state index is 0.346. The lowest BCUT2D eigenvalue weighted by Crippen LogP contribution is -1.97. The Kier molecular flexibility index (Phi) is 4.95. The molecule has 128 valence electrons. The van der Waals surface area contributed by atoms with Crippen LogP contribution in [0.2, 0.25) is 0 Å². The summed E-state index contributed by atoms with van der Waals surface area (Å²) in [5.41, 5.74) is 4.84. The SMILES string of the molecule is C=C/C(=C\C)c1ccc(-c2onc(C)c2Nc2cccc(C#N)n2)cc1. The highest BCUT2D eigenvalue weighted by Crippen LogP contribution is 2.33. The lowest BCUT2D eigenvalue weighted by Gasteiger charge is -2.07. The van der Waals surface area contributed by atoms with Gasteiger partial charge >= 0.3 is 0 Å². The third-order valence-electron chi connectivity index (χ3n) is 3.99. The van der Waals surface area contributed by atoms with Crippen molar-refractivity contribution in [1.82, 2.24) is 10.1 Å². The van der Waals surface area contributed by atoms with Crippen molar-refractivity contribution in [2.45, 2.75) is 13.8 Å². The van der Waals surface area contributed by atoms with Crippen molar-refractivity contribution in [2.75, 3.05) is 5.32 Å². The van der Waals surface area contributed by atoms with Gasteiger partial charge in [-0.25, -0.2) is 4.98 Å². The predicted molar refractivity (Wildman–Crippen MR) is 103 cm³/mol. The molecule has 0 saturated carbocycles. The van der Waals surface area contributed by atoms with Gasteiger partial charge in [-0.05, 0) is 37.1 Å². The smallest absolute Gasteiger partial charge is 0.190 e. The topological polar surface area (TPSA) is 74.7 Å². The molecule has 0 amide bonds. The number of benzene rings is 1. The monoisotopic (exact) mass is 342 g/mol. The van der Waals surface area contributed by atoms with Crippen molar-refractivity contribution >= 4 is 17.1 Å². The van der Waals surface area contributed by atoms with Gasteiger partial charge in [0.15, 0.2) is 5.76 Å². The Balaban J connectivity index is 1.95. The Morgan fingerprint density at radius 1 is 1.23 bits per heavy atom. The highest BCUT2D eigenvalue weighted by molar-refractivity contribution is 5.80.